The molecule has 0 bridgehead atoms. The van der Waals surface area contributed by atoms with Crippen LogP contribution in [0.25, 0.3) is 0 Å². The number of hydrogen-bond acceptors (Lipinski definition) is 5. The average Bonchev–Trinajstić information content (AvgIpc) is 2.59. The number of nitrogens with one attached hydrogen (secondary N) is 1. The van der Waals surface area contributed by atoms with Crippen molar-refractivity contribution in [2.45, 2.75) is 19.3 Å². The summed E-state index contributed by atoms with van der Waals surface area (Å²) in [7, 11) is -2.95. The summed E-state index contributed by atoms with van der Waals surface area (Å²) in [6.45, 7) is 1.11. The van der Waals surface area contributed by atoms with Gasteiger partial charge in [0.2, 0.25) is 5.91 Å². The van der Waals surface area contributed by atoms with E-state index < -0.39 is 9.84 Å². The van der Waals surface area contributed by atoms with Gasteiger partial charge < -0.3 is 16.0 Å². The van der Waals surface area contributed by atoms with E-state index in [0.29, 0.717) is 38.0 Å². The van der Waals surface area contributed by atoms with Crippen molar-refractivity contribution in [3.05, 3.63) is 17.7 Å². The number of aryl methyl sites for hydroxylation is 1. The lowest BCUT2D eigenvalue weighted by Gasteiger charge is -2.27. The van der Waals surface area contributed by atoms with E-state index in [-0.39, 0.29) is 17.4 Å². The molecule has 2 heterocycles. The summed E-state index contributed by atoms with van der Waals surface area (Å²) in [4.78, 5) is 13.5. The van der Waals surface area contributed by atoms with Crippen LogP contribution in [-0.4, -0.2) is 38.9 Å². The maximum atomic E-state index is 11.7. The Hall–Kier alpha value is -1.76. The van der Waals surface area contributed by atoms with Gasteiger partial charge >= 0.3 is 0 Å². The molecule has 1 saturated heterocycles. The summed E-state index contributed by atoms with van der Waals surface area (Å²) in [5, 5.41) is 2.86. The molecule has 1 aromatic rings. The molecular weight excluding hydrogens is 290 g/mol. The third-order valence-corrected chi connectivity index (χ3v) is 5.76. The summed E-state index contributed by atoms with van der Waals surface area (Å²) >= 11 is 0. The molecule has 1 amide bonds. The zero-order valence-corrected chi connectivity index (χ0v) is 12.6. The Morgan fingerprint density at radius 3 is 2.76 bits per heavy atom. The number of sulfone groups is 1. The second kappa shape index (κ2) is 5.22. The summed E-state index contributed by atoms with van der Waals surface area (Å²) in [5.74, 6) is 0.387. The van der Waals surface area contributed by atoms with Crippen LogP contribution in [0, 0.1) is 0 Å². The number of benzene rings is 1. The number of carbonyl (C=O) groups is 1. The molecule has 2 aliphatic heterocycles. The van der Waals surface area contributed by atoms with Crippen LogP contribution in [0.1, 0.15) is 18.4 Å². The van der Waals surface area contributed by atoms with Gasteiger partial charge in [0.15, 0.2) is 9.84 Å². The van der Waals surface area contributed by atoms with Crippen molar-refractivity contribution in [2.24, 2.45) is 0 Å². The molecular formula is C14H19N3O3S. The normalized spacial score (nSPS) is 21.3. The minimum atomic E-state index is -2.95. The number of anilines is 3. The highest BCUT2D eigenvalue weighted by atomic mass is 32.2. The molecule has 0 aliphatic carbocycles. The molecule has 2 aliphatic rings. The maximum absolute atomic E-state index is 11.7. The Kier molecular flexibility index (Phi) is 3.52. The first-order valence-corrected chi connectivity index (χ1v) is 8.94. The highest BCUT2D eigenvalue weighted by Gasteiger charge is 2.23. The van der Waals surface area contributed by atoms with Crippen LogP contribution in [-0.2, 0) is 21.1 Å². The zero-order chi connectivity index (χ0) is 15.0. The fourth-order valence-corrected chi connectivity index (χ4v) is 4.16. The third kappa shape index (κ3) is 2.97. The zero-order valence-electron chi connectivity index (χ0n) is 11.8. The number of amides is 1. The fraction of sp³-hybridized carbons (Fsp3) is 0.500. The molecule has 3 N–H and O–H groups in total. The van der Waals surface area contributed by atoms with Crippen LogP contribution in [0.15, 0.2) is 12.1 Å². The SMILES string of the molecule is Nc1cc2c(cc1N1CCCS(=O)(=O)CC1)NC(=O)CC2. The van der Waals surface area contributed by atoms with Gasteiger partial charge in [-0.2, -0.15) is 0 Å². The average molecular weight is 309 g/mol. The summed E-state index contributed by atoms with van der Waals surface area (Å²) in [6.07, 6.45) is 1.78. The van der Waals surface area contributed by atoms with Crippen LogP contribution < -0.4 is 16.0 Å². The number of hydrogen-bond donors (Lipinski definition) is 2. The summed E-state index contributed by atoms with van der Waals surface area (Å²) < 4.78 is 23.4. The van der Waals surface area contributed by atoms with Crippen molar-refractivity contribution in [2.75, 3.05) is 40.5 Å². The van der Waals surface area contributed by atoms with Crippen molar-refractivity contribution in [3.63, 3.8) is 0 Å². The fourth-order valence-electron chi connectivity index (χ4n) is 2.89. The van der Waals surface area contributed by atoms with Gasteiger partial charge in [0.05, 0.1) is 22.9 Å². The highest BCUT2D eigenvalue weighted by molar-refractivity contribution is 7.91. The molecule has 0 unspecified atom stereocenters. The number of nitrogens with zero attached hydrogens (tertiary/aromatic N) is 1. The van der Waals surface area contributed by atoms with E-state index in [1.54, 1.807) is 0 Å². The lowest BCUT2D eigenvalue weighted by atomic mass is 10.0. The van der Waals surface area contributed by atoms with Crippen LogP contribution in [0.2, 0.25) is 0 Å². The minimum absolute atomic E-state index is 0.0108. The summed E-state index contributed by atoms with van der Waals surface area (Å²) in [5.41, 5.74) is 9.41. The molecule has 1 aromatic carbocycles. The minimum Gasteiger partial charge on any atom is -0.397 e. The largest absolute Gasteiger partial charge is 0.397 e. The molecule has 6 nitrogen and oxygen atoms in total. The van der Waals surface area contributed by atoms with Gasteiger partial charge in [0.25, 0.3) is 0 Å². The topological polar surface area (TPSA) is 92.5 Å². The van der Waals surface area contributed by atoms with Crippen LogP contribution >= 0.6 is 0 Å². The first-order valence-electron chi connectivity index (χ1n) is 7.12. The van der Waals surface area contributed by atoms with Crippen molar-refractivity contribution in [1.82, 2.24) is 0 Å². The van der Waals surface area contributed by atoms with E-state index in [4.69, 9.17) is 5.73 Å². The molecule has 0 atom stereocenters. The number of nitrogens with two attached hydrogens (primary N) is 1. The number of nitrogen functional groups attached to an aromatic ring is 1. The lowest BCUT2D eigenvalue weighted by Crippen LogP contribution is -2.28. The predicted octanol–water partition coefficient (Wildman–Crippen LogP) is 0.778. The molecule has 21 heavy (non-hydrogen) atoms. The maximum Gasteiger partial charge on any atom is 0.224 e. The Balaban J connectivity index is 1.91. The highest BCUT2D eigenvalue weighted by Crippen LogP contribution is 2.33. The Labute approximate surface area is 124 Å². The number of carbonyl (C=O) groups excluding carboxylic acids is 1. The van der Waals surface area contributed by atoms with Crippen LogP contribution in [0.4, 0.5) is 17.1 Å². The predicted molar refractivity (Wildman–Crippen MR) is 83.3 cm³/mol. The van der Waals surface area contributed by atoms with Crippen molar-refractivity contribution < 1.29 is 13.2 Å². The Morgan fingerprint density at radius 2 is 1.95 bits per heavy atom. The third-order valence-electron chi connectivity index (χ3n) is 4.04. The lowest BCUT2D eigenvalue weighted by molar-refractivity contribution is -0.116. The Morgan fingerprint density at radius 1 is 1.14 bits per heavy atom. The number of rotatable bonds is 1. The molecule has 0 saturated carbocycles. The van der Waals surface area contributed by atoms with E-state index in [1.807, 2.05) is 17.0 Å². The van der Waals surface area contributed by atoms with Gasteiger partial charge in [0.1, 0.15) is 0 Å². The molecule has 1 fully saturated rings. The molecule has 3 rings (SSSR count). The van der Waals surface area contributed by atoms with E-state index >= 15 is 0 Å². The Bertz CT molecular complexity index is 685. The summed E-state index contributed by atoms with van der Waals surface area (Å²) in [6, 6.07) is 3.77. The second-order valence-corrected chi connectivity index (χ2v) is 7.91. The van der Waals surface area contributed by atoms with E-state index in [9.17, 15) is 13.2 Å². The molecule has 7 heteroatoms. The van der Waals surface area contributed by atoms with Gasteiger partial charge in [-0.1, -0.05) is 0 Å². The van der Waals surface area contributed by atoms with Gasteiger partial charge in [-0.05, 0) is 30.5 Å². The van der Waals surface area contributed by atoms with Gasteiger partial charge in [-0.3, -0.25) is 4.79 Å². The quantitative estimate of drug-likeness (QED) is 0.748. The van der Waals surface area contributed by atoms with Gasteiger partial charge in [-0.15, -0.1) is 0 Å². The molecule has 0 spiro atoms. The van der Waals surface area contributed by atoms with Crippen molar-refractivity contribution >= 4 is 32.8 Å². The molecule has 114 valence electrons. The van der Waals surface area contributed by atoms with Crippen LogP contribution in [0.3, 0.4) is 0 Å². The first-order chi connectivity index (χ1) is 9.94. The number of fused-ring (bicyclic) bond motifs is 1. The van der Waals surface area contributed by atoms with Gasteiger partial charge in [0, 0.05) is 25.2 Å². The van der Waals surface area contributed by atoms with Gasteiger partial charge in [-0.25, -0.2) is 8.42 Å². The van der Waals surface area contributed by atoms with Crippen molar-refractivity contribution in [1.29, 1.82) is 0 Å². The standard InChI is InChI=1S/C14H19N3O3S/c15-11-8-10-2-3-14(18)16-12(10)9-13(11)17-4-1-6-21(19,20)7-5-17/h8-9H,1-7,15H2,(H,16,18). The monoisotopic (exact) mass is 309 g/mol. The van der Waals surface area contributed by atoms with E-state index in [2.05, 4.69) is 5.32 Å². The second-order valence-electron chi connectivity index (χ2n) is 5.61. The molecule has 0 aromatic heterocycles. The van der Waals surface area contributed by atoms with Crippen molar-refractivity contribution in [3.8, 4) is 0 Å². The smallest absolute Gasteiger partial charge is 0.224 e. The van der Waals surface area contributed by atoms with E-state index in [1.165, 1.54) is 0 Å². The van der Waals surface area contributed by atoms with Crippen LogP contribution in [0.5, 0.6) is 0 Å². The van der Waals surface area contributed by atoms with E-state index in [0.717, 1.165) is 16.9 Å². The molecule has 0 radical (unpaired) electrons. The first kappa shape index (κ1) is 14.2.